The summed E-state index contributed by atoms with van der Waals surface area (Å²) in [5.41, 5.74) is -1.14. The van der Waals surface area contributed by atoms with Crippen LogP contribution in [0.2, 0.25) is 0 Å². The monoisotopic (exact) mass is 288 g/mol. The van der Waals surface area contributed by atoms with Gasteiger partial charge in [-0.1, -0.05) is 0 Å². The van der Waals surface area contributed by atoms with Gasteiger partial charge in [-0.15, -0.1) is 0 Å². The second kappa shape index (κ2) is 6.84. The van der Waals surface area contributed by atoms with Gasteiger partial charge in [0, 0.05) is 19.4 Å². The highest BCUT2D eigenvalue weighted by molar-refractivity contribution is 6.24. The van der Waals surface area contributed by atoms with Crippen molar-refractivity contribution in [2.45, 2.75) is 0 Å². The maximum Gasteiger partial charge on any atom is 0.342 e. The number of aryl methyl sites for hydroxylation is 1. The van der Waals surface area contributed by atoms with Crippen LogP contribution in [0.15, 0.2) is 23.5 Å². The average molecular weight is 288 g/mol. The van der Waals surface area contributed by atoms with Crippen molar-refractivity contribution in [3.63, 3.8) is 0 Å². The Morgan fingerprint density at radius 1 is 1.33 bits per heavy atom. The van der Waals surface area contributed by atoms with E-state index in [0.29, 0.717) is 0 Å². The summed E-state index contributed by atoms with van der Waals surface area (Å²) in [6.07, 6.45) is 2.96. The standard InChI is InChI=1S/C13H12N4O4/c1-17-5-4-16-11(17)10(13(19)21-3)9(12(18)20-2)8(6-14)7-15/h4-5,14H,1-3H3/b10-9-. The summed E-state index contributed by atoms with van der Waals surface area (Å²) < 4.78 is 10.7. The van der Waals surface area contributed by atoms with Gasteiger partial charge in [0.2, 0.25) is 0 Å². The Kier molecular flexibility index (Phi) is 5.17. The Balaban J connectivity index is 3.82. The van der Waals surface area contributed by atoms with E-state index in [-0.39, 0.29) is 11.4 Å². The number of ether oxygens (including phenoxy) is 2. The molecule has 0 aromatic carbocycles. The number of nitrogens with one attached hydrogen (secondary N) is 1. The normalized spacial score (nSPS) is 10.8. The summed E-state index contributed by atoms with van der Waals surface area (Å²) in [4.78, 5) is 27.9. The predicted molar refractivity (Wildman–Crippen MR) is 71.0 cm³/mol. The fraction of sp³-hybridized carbons (Fsp3) is 0.231. The van der Waals surface area contributed by atoms with Crippen molar-refractivity contribution in [3.8, 4) is 6.07 Å². The molecule has 1 aromatic rings. The van der Waals surface area contributed by atoms with Gasteiger partial charge in [0.1, 0.15) is 28.6 Å². The SMILES string of the molecule is COC(=O)/C(C(=C=N)C#N)=C(\C(=O)OC)c1nccn1C. The molecule has 0 aliphatic carbocycles. The summed E-state index contributed by atoms with van der Waals surface area (Å²) >= 11 is 0. The van der Waals surface area contributed by atoms with E-state index in [4.69, 9.17) is 10.7 Å². The van der Waals surface area contributed by atoms with Crippen molar-refractivity contribution in [2.24, 2.45) is 7.05 Å². The number of methoxy groups -OCH3 is 2. The Bertz CT molecular complexity index is 702. The van der Waals surface area contributed by atoms with E-state index in [1.54, 1.807) is 19.3 Å². The van der Waals surface area contributed by atoms with Crippen LogP contribution in [-0.2, 0) is 26.1 Å². The predicted octanol–water partition coefficient (Wildman–Crippen LogP) is 0.218. The minimum atomic E-state index is -0.963. The molecule has 0 aliphatic rings. The molecule has 0 spiro atoms. The van der Waals surface area contributed by atoms with Crippen molar-refractivity contribution in [1.29, 1.82) is 10.7 Å². The molecular formula is C13H12N4O4. The van der Waals surface area contributed by atoms with Gasteiger partial charge in [0.05, 0.1) is 14.2 Å². The minimum absolute atomic E-state index is 0.102. The van der Waals surface area contributed by atoms with Gasteiger partial charge in [-0.25, -0.2) is 14.6 Å². The van der Waals surface area contributed by atoms with E-state index in [9.17, 15) is 9.59 Å². The second-order valence-corrected chi connectivity index (χ2v) is 3.71. The number of hydrogen-bond acceptors (Lipinski definition) is 7. The maximum atomic E-state index is 12.0. The molecule has 108 valence electrons. The zero-order valence-electron chi connectivity index (χ0n) is 11.6. The van der Waals surface area contributed by atoms with Gasteiger partial charge >= 0.3 is 11.9 Å². The molecule has 0 fully saturated rings. The Morgan fingerprint density at radius 3 is 2.33 bits per heavy atom. The number of hydrogen-bond donors (Lipinski definition) is 1. The first kappa shape index (κ1) is 15.9. The third-order valence-electron chi connectivity index (χ3n) is 2.56. The molecule has 0 saturated heterocycles. The van der Waals surface area contributed by atoms with Crippen molar-refractivity contribution in [3.05, 3.63) is 29.4 Å². The second-order valence-electron chi connectivity index (χ2n) is 3.71. The first-order valence-corrected chi connectivity index (χ1v) is 5.60. The summed E-state index contributed by atoms with van der Waals surface area (Å²) in [5, 5.41) is 16.1. The molecule has 21 heavy (non-hydrogen) atoms. The summed E-state index contributed by atoms with van der Waals surface area (Å²) in [7, 11) is 3.81. The molecule has 0 bridgehead atoms. The zero-order valence-corrected chi connectivity index (χ0v) is 11.6. The topological polar surface area (TPSA) is 118 Å². The lowest BCUT2D eigenvalue weighted by atomic mass is 10.0. The summed E-state index contributed by atoms with van der Waals surface area (Å²) in [6.45, 7) is 0. The lowest BCUT2D eigenvalue weighted by molar-refractivity contribution is -0.137. The van der Waals surface area contributed by atoms with Crippen LogP contribution in [0.1, 0.15) is 5.82 Å². The zero-order chi connectivity index (χ0) is 16.0. The molecule has 0 atom stereocenters. The molecule has 8 nitrogen and oxygen atoms in total. The van der Waals surface area contributed by atoms with Gasteiger partial charge in [0.25, 0.3) is 0 Å². The summed E-state index contributed by atoms with van der Waals surface area (Å²) in [5.74, 6) is 0.0670. The van der Waals surface area contributed by atoms with E-state index in [1.807, 2.05) is 5.87 Å². The molecular weight excluding hydrogens is 276 g/mol. The molecule has 1 heterocycles. The number of esters is 2. The van der Waals surface area contributed by atoms with Crippen LogP contribution < -0.4 is 0 Å². The van der Waals surface area contributed by atoms with Gasteiger partial charge in [-0.05, 0) is 5.87 Å². The summed E-state index contributed by atoms with van der Waals surface area (Å²) in [6, 6.07) is 1.62. The molecule has 0 saturated carbocycles. The van der Waals surface area contributed by atoms with Crippen LogP contribution in [-0.4, -0.2) is 41.6 Å². The first-order chi connectivity index (χ1) is 10.0. The third-order valence-corrected chi connectivity index (χ3v) is 2.56. The number of imidazole rings is 1. The largest absolute Gasteiger partial charge is 0.465 e. The number of carbonyl (C=O) groups excluding carboxylic acids is 2. The molecule has 0 unspecified atom stereocenters. The maximum absolute atomic E-state index is 12.0. The number of nitrogens with zero attached hydrogens (tertiary/aromatic N) is 3. The van der Waals surface area contributed by atoms with Crippen LogP contribution in [0.3, 0.4) is 0 Å². The van der Waals surface area contributed by atoms with Gasteiger partial charge in [-0.2, -0.15) is 5.26 Å². The van der Waals surface area contributed by atoms with Crippen molar-refractivity contribution >= 4 is 23.4 Å². The van der Waals surface area contributed by atoms with E-state index >= 15 is 0 Å². The highest BCUT2D eigenvalue weighted by Gasteiger charge is 2.29. The molecule has 1 rings (SSSR count). The Hall–Kier alpha value is -3.17. The minimum Gasteiger partial charge on any atom is -0.465 e. The van der Waals surface area contributed by atoms with Gasteiger partial charge < -0.3 is 14.0 Å². The van der Waals surface area contributed by atoms with Crippen molar-refractivity contribution < 1.29 is 19.1 Å². The molecule has 0 amide bonds. The van der Waals surface area contributed by atoms with E-state index in [1.165, 1.54) is 10.8 Å². The van der Waals surface area contributed by atoms with Crippen molar-refractivity contribution in [1.82, 2.24) is 9.55 Å². The Morgan fingerprint density at radius 2 is 1.95 bits per heavy atom. The average Bonchev–Trinajstić information content (AvgIpc) is 2.92. The third kappa shape index (κ3) is 3.05. The van der Waals surface area contributed by atoms with Crippen LogP contribution in [0, 0.1) is 16.7 Å². The highest BCUT2D eigenvalue weighted by atomic mass is 16.5. The van der Waals surface area contributed by atoms with Gasteiger partial charge in [0.15, 0.2) is 0 Å². The van der Waals surface area contributed by atoms with E-state index < -0.39 is 23.1 Å². The van der Waals surface area contributed by atoms with Gasteiger partial charge in [-0.3, -0.25) is 5.41 Å². The number of nitriles is 1. The molecule has 0 radical (unpaired) electrons. The molecule has 1 aromatic heterocycles. The number of aromatic nitrogens is 2. The van der Waals surface area contributed by atoms with Crippen LogP contribution >= 0.6 is 0 Å². The van der Waals surface area contributed by atoms with Crippen LogP contribution in [0.5, 0.6) is 0 Å². The quantitative estimate of drug-likeness (QED) is 0.278. The fourth-order valence-electron chi connectivity index (χ4n) is 1.59. The molecule has 0 aliphatic heterocycles. The number of rotatable bonds is 4. The smallest absolute Gasteiger partial charge is 0.342 e. The lowest BCUT2D eigenvalue weighted by Gasteiger charge is -2.10. The van der Waals surface area contributed by atoms with Crippen molar-refractivity contribution in [2.75, 3.05) is 14.2 Å². The van der Waals surface area contributed by atoms with E-state index in [0.717, 1.165) is 14.2 Å². The van der Waals surface area contributed by atoms with Crippen LogP contribution in [0.4, 0.5) is 0 Å². The molecule has 8 heteroatoms. The number of carbonyl (C=O) groups is 2. The lowest BCUT2D eigenvalue weighted by Crippen LogP contribution is -2.17. The molecule has 1 N–H and O–H groups in total. The first-order valence-electron chi connectivity index (χ1n) is 5.60. The van der Waals surface area contributed by atoms with E-state index in [2.05, 4.69) is 14.5 Å². The highest BCUT2D eigenvalue weighted by Crippen LogP contribution is 2.24. The fourth-order valence-corrected chi connectivity index (χ4v) is 1.59. The van der Waals surface area contributed by atoms with Crippen LogP contribution in [0.25, 0.3) is 5.57 Å². The Labute approximate surface area is 120 Å².